The molecule has 3 N–H and O–H groups in total. The minimum Gasteiger partial charge on any atom is -0.465 e. The van der Waals surface area contributed by atoms with Gasteiger partial charge in [-0.1, -0.05) is 36.4 Å². The van der Waals surface area contributed by atoms with E-state index in [9.17, 15) is 34.1 Å². The van der Waals surface area contributed by atoms with Crippen molar-refractivity contribution in [2.75, 3.05) is 24.3 Å². The standard InChI is InChI=1S/C36H33N5O8S2/c1-21(32(43)39-35-31(36(46)49-3)27-16-17-40(22(2)42)20-30(27)51-35)50-26-14-9-13-25(19-26)37-34(45)28(38-33(44)23-10-5-4-6-11-23)18-24-12-7-8-15-29(24)41(47)48/h4-15,18-19,21H,16-17,20H2,1-3H3,(H,37,45)(H,38,44)(H,39,43)/b28-18+. The number of para-hydroxylation sites is 1. The normalized spacial score (nSPS) is 13.0. The van der Waals surface area contributed by atoms with Gasteiger partial charge < -0.3 is 25.6 Å². The van der Waals surface area contributed by atoms with Gasteiger partial charge in [-0.15, -0.1) is 23.1 Å². The van der Waals surface area contributed by atoms with E-state index in [0.717, 1.165) is 10.4 Å². The average molecular weight is 728 g/mol. The molecule has 0 spiro atoms. The monoisotopic (exact) mass is 727 g/mol. The van der Waals surface area contributed by atoms with Crippen molar-refractivity contribution in [2.45, 2.75) is 37.0 Å². The summed E-state index contributed by atoms with van der Waals surface area (Å²) in [5.74, 6) is -2.34. The second-order valence-corrected chi connectivity index (χ2v) is 13.8. The Morgan fingerprint density at radius 2 is 1.73 bits per heavy atom. The van der Waals surface area contributed by atoms with Crippen molar-refractivity contribution in [1.29, 1.82) is 0 Å². The van der Waals surface area contributed by atoms with Gasteiger partial charge in [-0.25, -0.2) is 4.79 Å². The quantitative estimate of drug-likeness (QED) is 0.0560. The molecule has 0 saturated carbocycles. The van der Waals surface area contributed by atoms with E-state index in [4.69, 9.17) is 4.74 Å². The fourth-order valence-corrected chi connectivity index (χ4v) is 7.45. The number of hydrogen-bond acceptors (Lipinski definition) is 10. The van der Waals surface area contributed by atoms with Crippen LogP contribution in [-0.4, -0.2) is 58.3 Å². The van der Waals surface area contributed by atoms with E-state index in [2.05, 4.69) is 16.0 Å². The fourth-order valence-electron chi connectivity index (χ4n) is 5.27. The van der Waals surface area contributed by atoms with Gasteiger partial charge in [0.2, 0.25) is 11.8 Å². The van der Waals surface area contributed by atoms with E-state index in [1.807, 2.05) is 0 Å². The number of nitro groups is 1. The molecule has 4 amide bonds. The van der Waals surface area contributed by atoms with Crippen LogP contribution in [0.4, 0.5) is 16.4 Å². The third-order valence-corrected chi connectivity index (χ3v) is 10.1. The van der Waals surface area contributed by atoms with E-state index < -0.39 is 28.0 Å². The third kappa shape index (κ3) is 8.87. The van der Waals surface area contributed by atoms with Gasteiger partial charge >= 0.3 is 5.97 Å². The van der Waals surface area contributed by atoms with E-state index in [0.29, 0.717) is 40.7 Å². The van der Waals surface area contributed by atoms with Gasteiger partial charge in [-0.05, 0) is 61.4 Å². The summed E-state index contributed by atoms with van der Waals surface area (Å²) in [4.78, 5) is 78.8. The Hall–Kier alpha value is -5.80. The number of nitro benzene ring substituents is 1. The van der Waals surface area contributed by atoms with Crippen molar-refractivity contribution in [1.82, 2.24) is 10.2 Å². The Balaban J connectivity index is 1.32. The minimum atomic E-state index is -0.731. The highest BCUT2D eigenvalue weighted by atomic mass is 32.2. The summed E-state index contributed by atoms with van der Waals surface area (Å²) in [6, 6.07) is 20.7. The van der Waals surface area contributed by atoms with Crippen molar-refractivity contribution in [3.05, 3.63) is 122 Å². The van der Waals surface area contributed by atoms with Gasteiger partial charge in [-0.3, -0.25) is 29.3 Å². The maximum atomic E-state index is 13.6. The number of carbonyl (C=O) groups is 5. The van der Waals surface area contributed by atoms with Gasteiger partial charge in [-0.2, -0.15) is 0 Å². The number of thiophene rings is 1. The number of fused-ring (bicyclic) bond motifs is 1. The van der Waals surface area contributed by atoms with Crippen molar-refractivity contribution in [3.63, 3.8) is 0 Å². The predicted molar refractivity (Wildman–Crippen MR) is 194 cm³/mol. The van der Waals surface area contributed by atoms with Crippen LogP contribution in [0.3, 0.4) is 0 Å². The van der Waals surface area contributed by atoms with Crippen molar-refractivity contribution < 1.29 is 33.6 Å². The second kappa shape index (κ2) is 16.3. The van der Waals surface area contributed by atoms with Crippen LogP contribution in [0.25, 0.3) is 6.08 Å². The van der Waals surface area contributed by atoms with Crippen LogP contribution in [0.5, 0.6) is 0 Å². The first-order chi connectivity index (χ1) is 24.4. The molecule has 0 aliphatic carbocycles. The molecule has 262 valence electrons. The molecule has 0 radical (unpaired) electrons. The third-order valence-electron chi connectivity index (χ3n) is 7.86. The predicted octanol–water partition coefficient (Wildman–Crippen LogP) is 5.88. The molecule has 1 aromatic heterocycles. The number of ether oxygens (including phenoxy) is 1. The van der Waals surface area contributed by atoms with E-state index >= 15 is 0 Å². The second-order valence-electron chi connectivity index (χ2n) is 11.3. The number of esters is 1. The molecule has 0 fully saturated rings. The number of carbonyl (C=O) groups excluding carboxylic acids is 5. The van der Waals surface area contributed by atoms with Gasteiger partial charge in [0, 0.05) is 40.6 Å². The molecule has 2 heterocycles. The Kier molecular flexibility index (Phi) is 11.6. The van der Waals surface area contributed by atoms with Gasteiger partial charge in [0.1, 0.15) is 10.7 Å². The number of nitrogens with zero attached hydrogens (tertiary/aromatic N) is 2. The van der Waals surface area contributed by atoms with Crippen LogP contribution in [0.1, 0.15) is 50.6 Å². The molecule has 1 aliphatic rings. The first-order valence-corrected chi connectivity index (χ1v) is 17.3. The summed E-state index contributed by atoms with van der Waals surface area (Å²) in [5, 5.41) is 19.5. The largest absolute Gasteiger partial charge is 0.465 e. The molecule has 5 rings (SSSR count). The van der Waals surface area contributed by atoms with Gasteiger partial charge in [0.05, 0.1) is 35.0 Å². The van der Waals surface area contributed by atoms with Crippen molar-refractivity contribution >= 4 is 75.1 Å². The summed E-state index contributed by atoms with van der Waals surface area (Å²) in [7, 11) is 1.27. The molecule has 0 bridgehead atoms. The SMILES string of the molecule is COC(=O)c1c(NC(=O)C(C)Sc2cccc(NC(=O)/C(=C\c3ccccc3[N+](=O)[O-])NC(=O)c3ccccc3)c2)sc2c1CCN(C(C)=O)C2. The average Bonchev–Trinajstić information content (AvgIpc) is 3.48. The van der Waals surface area contributed by atoms with Crippen LogP contribution >= 0.6 is 23.1 Å². The van der Waals surface area contributed by atoms with Gasteiger partial charge in [0.15, 0.2) is 0 Å². The molecule has 13 nitrogen and oxygen atoms in total. The maximum absolute atomic E-state index is 13.6. The summed E-state index contributed by atoms with van der Waals surface area (Å²) < 4.78 is 5.01. The lowest BCUT2D eigenvalue weighted by Crippen LogP contribution is -2.33. The molecule has 0 saturated heterocycles. The summed E-state index contributed by atoms with van der Waals surface area (Å²) in [5.41, 5.74) is 1.32. The lowest BCUT2D eigenvalue weighted by atomic mass is 10.0. The van der Waals surface area contributed by atoms with Crippen molar-refractivity contribution in [3.8, 4) is 0 Å². The summed E-state index contributed by atoms with van der Waals surface area (Å²) in [6.07, 6.45) is 1.70. The highest BCUT2D eigenvalue weighted by Gasteiger charge is 2.31. The molecule has 1 unspecified atom stereocenters. The zero-order valence-corrected chi connectivity index (χ0v) is 29.4. The maximum Gasteiger partial charge on any atom is 0.341 e. The highest BCUT2D eigenvalue weighted by Crippen LogP contribution is 2.38. The number of nitrogens with one attached hydrogen (secondary N) is 3. The van der Waals surface area contributed by atoms with Crippen LogP contribution in [0.2, 0.25) is 0 Å². The van der Waals surface area contributed by atoms with Crippen LogP contribution in [0, 0.1) is 10.1 Å². The molecule has 4 aromatic rings. The number of anilines is 2. The van der Waals surface area contributed by atoms with E-state index in [-0.39, 0.29) is 34.3 Å². The zero-order chi connectivity index (χ0) is 36.7. The number of thioether (sulfide) groups is 1. The Morgan fingerprint density at radius 3 is 2.43 bits per heavy atom. The first kappa shape index (κ1) is 36.5. The Labute approximate surface area is 301 Å². The minimum absolute atomic E-state index is 0.0768. The number of amides is 4. The Bertz CT molecular complexity index is 2050. The smallest absolute Gasteiger partial charge is 0.341 e. The molecule has 51 heavy (non-hydrogen) atoms. The zero-order valence-electron chi connectivity index (χ0n) is 27.8. The summed E-state index contributed by atoms with van der Waals surface area (Å²) >= 11 is 2.45. The lowest BCUT2D eigenvalue weighted by Gasteiger charge is -2.25. The van der Waals surface area contributed by atoms with E-state index in [1.165, 1.54) is 61.4 Å². The first-order valence-electron chi connectivity index (χ1n) is 15.6. The fraction of sp³-hybridized carbons (Fsp3) is 0.194. The number of rotatable bonds is 11. The van der Waals surface area contributed by atoms with Crippen LogP contribution in [-0.2, 0) is 32.1 Å². The molecule has 15 heteroatoms. The molecule has 1 aliphatic heterocycles. The molecular formula is C36H33N5O8S2. The molecule has 3 aromatic carbocycles. The number of hydrogen-bond donors (Lipinski definition) is 3. The Morgan fingerprint density at radius 1 is 1.00 bits per heavy atom. The molecule has 1 atom stereocenters. The summed E-state index contributed by atoms with van der Waals surface area (Å²) in [6.45, 7) is 3.98. The van der Waals surface area contributed by atoms with Crippen LogP contribution in [0.15, 0.2) is 89.5 Å². The lowest BCUT2D eigenvalue weighted by molar-refractivity contribution is -0.385. The van der Waals surface area contributed by atoms with Crippen LogP contribution < -0.4 is 16.0 Å². The number of benzene rings is 3. The number of methoxy groups -OCH3 is 1. The molecular weight excluding hydrogens is 695 g/mol. The van der Waals surface area contributed by atoms with E-state index in [1.54, 1.807) is 72.5 Å². The van der Waals surface area contributed by atoms with Gasteiger partial charge in [0.25, 0.3) is 17.5 Å². The highest BCUT2D eigenvalue weighted by molar-refractivity contribution is 8.00. The topological polar surface area (TPSA) is 177 Å². The van der Waals surface area contributed by atoms with Crippen molar-refractivity contribution in [2.24, 2.45) is 0 Å².